The van der Waals surface area contributed by atoms with E-state index in [9.17, 15) is 27.9 Å². The summed E-state index contributed by atoms with van der Waals surface area (Å²) in [5, 5.41) is 9.31. The van der Waals surface area contributed by atoms with Gasteiger partial charge >= 0.3 is 12.1 Å². The number of carbonyl (C=O) groups excluding carboxylic acids is 2. The molecule has 26 heavy (non-hydrogen) atoms. The Kier molecular flexibility index (Phi) is 6.59. The quantitative estimate of drug-likeness (QED) is 0.344. The minimum absolute atomic E-state index is 0.00389. The molecular formula is C16H19F3N2O4S. The Morgan fingerprint density at radius 1 is 1.35 bits per heavy atom. The molecule has 0 atom stereocenters. The maximum Gasteiger partial charge on any atom is 0.449 e. The fourth-order valence-electron chi connectivity index (χ4n) is 1.73. The van der Waals surface area contributed by atoms with Gasteiger partial charge in [-0.3, -0.25) is 9.79 Å². The van der Waals surface area contributed by atoms with Gasteiger partial charge in [0.15, 0.2) is 0 Å². The molecule has 0 fully saturated rings. The topological polar surface area (TPSA) is 102 Å². The number of aliphatic imine (C=N–C) groups is 1. The van der Waals surface area contributed by atoms with Crippen LogP contribution in [-0.4, -0.2) is 36.0 Å². The Bertz CT molecular complexity index is 759. The van der Waals surface area contributed by atoms with Gasteiger partial charge in [0.05, 0.1) is 12.3 Å². The zero-order valence-corrected chi connectivity index (χ0v) is 15.4. The summed E-state index contributed by atoms with van der Waals surface area (Å²) in [6.45, 7) is 6.82. The van der Waals surface area contributed by atoms with E-state index in [0.29, 0.717) is 6.21 Å². The first-order chi connectivity index (χ1) is 11.8. The van der Waals surface area contributed by atoms with Crippen molar-refractivity contribution in [3.8, 4) is 0 Å². The van der Waals surface area contributed by atoms with Crippen molar-refractivity contribution in [2.45, 2.75) is 39.3 Å². The molecular weight excluding hydrogens is 373 g/mol. The first-order valence-corrected chi connectivity index (χ1v) is 8.26. The lowest BCUT2D eigenvalue weighted by Gasteiger charge is -2.14. The van der Waals surface area contributed by atoms with E-state index in [4.69, 9.17) is 5.73 Å². The van der Waals surface area contributed by atoms with Crippen molar-refractivity contribution in [3.05, 3.63) is 27.2 Å². The Hall–Kier alpha value is -2.36. The van der Waals surface area contributed by atoms with Crippen molar-refractivity contribution >= 4 is 35.1 Å². The summed E-state index contributed by atoms with van der Waals surface area (Å²) in [7, 11) is 0. The van der Waals surface area contributed by atoms with E-state index in [1.54, 1.807) is 0 Å². The van der Waals surface area contributed by atoms with E-state index >= 15 is 0 Å². The number of carbonyl (C=O) groups is 2. The molecule has 3 N–H and O–H groups in total. The highest BCUT2D eigenvalue weighted by atomic mass is 32.1. The van der Waals surface area contributed by atoms with Crippen LogP contribution in [0, 0.1) is 0 Å². The van der Waals surface area contributed by atoms with E-state index in [2.05, 4.69) is 9.73 Å². The molecule has 0 aromatic carbocycles. The lowest BCUT2D eigenvalue weighted by molar-refractivity contribution is -0.141. The normalized spacial score (nSPS) is 13.7. The summed E-state index contributed by atoms with van der Waals surface area (Å²) in [5.41, 5.74) is 3.76. The molecule has 1 heterocycles. The molecule has 0 saturated heterocycles. The van der Waals surface area contributed by atoms with Crippen molar-refractivity contribution in [3.63, 3.8) is 0 Å². The second kappa shape index (κ2) is 7.90. The number of alkyl halides is 3. The third-order valence-corrected chi connectivity index (χ3v) is 4.59. The monoisotopic (exact) mass is 392 g/mol. The predicted octanol–water partition coefficient (Wildman–Crippen LogP) is 3.78. The number of halogens is 3. The SMILES string of the molecule is CCOC(=O)/C(C=Nc1cc(C(C)(C)C)sc1C(N)=O)=C(/O)C(F)(F)F. The Balaban J connectivity index is 3.45. The molecule has 10 heteroatoms. The number of hydrogen-bond acceptors (Lipinski definition) is 6. The maximum absolute atomic E-state index is 12.7. The van der Waals surface area contributed by atoms with Crippen LogP contribution in [-0.2, 0) is 14.9 Å². The lowest BCUT2D eigenvalue weighted by atomic mass is 9.94. The first kappa shape index (κ1) is 21.7. The molecule has 0 aliphatic heterocycles. The maximum atomic E-state index is 12.7. The smallest absolute Gasteiger partial charge is 0.449 e. The van der Waals surface area contributed by atoms with Gasteiger partial charge in [0, 0.05) is 11.1 Å². The largest absolute Gasteiger partial charge is 0.504 e. The Labute approximate surface area is 152 Å². The van der Waals surface area contributed by atoms with Crippen LogP contribution in [0.5, 0.6) is 0 Å². The molecule has 1 rings (SSSR count). The number of aliphatic hydroxyl groups is 1. The van der Waals surface area contributed by atoms with Gasteiger partial charge in [0.25, 0.3) is 5.91 Å². The average molecular weight is 392 g/mol. The number of esters is 1. The van der Waals surface area contributed by atoms with Gasteiger partial charge < -0.3 is 15.6 Å². The van der Waals surface area contributed by atoms with Gasteiger partial charge in [0.2, 0.25) is 5.76 Å². The second-order valence-electron chi connectivity index (χ2n) is 6.18. The van der Waals surface area contributed by atoms with Gasteiger partial charge in [-0.25, -0.2) is 4.79 Å². The predicted molar refractivity (Wildman–Crippen MR) is 92.0 cm³/mol. The zero-order valence-electron chi connectivity index (χ0n) is 14.6. The van der Waals surface area contributed by atoms with E-state index in [-0.39, 0.29) is 22.6 Å². The molecule has 0 bridgehead atoms. The van der Waals surface area contributed by atoms with Crippen LogP contribution in [0.25, 0.3) is 0 Å². The zero-order chi connectivity index (χ0) is 20.3. The van der Waals surface area contributed by atoms with Gasteiger partial charge in [-0.05, 0) is 18.4 Å². The van der Waals surface area contributed by atoms with Crippen molar-refractivity contribution in [1.82, 2.24) is 0 Å². The highest BCUT2D eigenvalue weighted by molar-refractivity contribution is 7.14. The number of nitrogens with two attached hydrogens (primary N) is 1. The van der Waals surface area contributed by atoms with Gasteiger partial charge in [-0.2, -0.15) is 13.2 Å². The molecule has 0 spiro atoms. The first-order valence-electron chi connectivity index (χ1n) is 7.44. The van der Waals surface area contributed by atoms with Crippen LogP contribution in [0.15, 0.2) is 22.4 Å². The van der Waals surface area contributed by atoms with Crippen molar-refractivity contribution < 1.29 is 32.6 Å². The van der Waals surface area contributed by atoms with Gasteiger partial charge in [-0.1, -0.05) is 20.8 Å². The van der Waals surface area contributed by atoms with E-state index in [0.717, 1.165) is 16.2 Å². The number of ether oxygens (including phenoxy) is 1. The Morgan fingerprint density at radius 2 is 1.92 bits per heavy atom. The molecule has 1 amide bonds. The molecule has 0 saturated carbocycles. The van der Waals surface area contributed by atoms with E-state index in [1.165, 1.54) is 13.0 Å². The molecule has 1 aromatic rings. The fraction of sp³-hybridized carbons (Fsp3) is 0.438. The second-order valence-corrected chi connectivity index (χ2v) is 7.23. The average Bonchev–Trinajstić information content (AvgIpc) is 2.91. The number of allylic oxidation sites excluding steroid dienone is 1. The summed E-state index contributed by atoms with van der Waals surface area (Å²) >= 11 is 1.05. The molecule has 1 aromatic heterocycles. The minimum atomic E-state index is -5.16. The third-order valence-electron chi connectivity index (χ3n) is 3.03. The van der Waals surface area contributed by atoms with Crippen LogP contribution in [0.1, 0.15) is 42.2 Å². The lowest BCUT2D eigenvalue weighted by Crippen LogP contribution is -2.20. The number of rotatable bonds is 5. The van der Waals surface area contributed by atoms with Gasteiger partial charge in [-0.15, -0.1) is 11.3 Å². The van der Waals surface area contributed by atoms with E-state index in [1.807, 2.05) is 20.8 Å². The van der Waals surface area contributed by atoms with Crippen LogP contribution in [0.3, 0.4) is 0 Å². The summed E-state index contributed by atoms with van der Waals surface area (Å²) in [6, 6.07) is 1.49. The number of hydrogen-bond donors (Lipinski definition) is 2. The number of thiophene rings is 1. The summed E-state index contributed by atoms with van der Waals surface area (Å²) < 4.78 is 42.7. The highest BCUT2D eigenvalue weighted by Crippen LogP contribution is 2.37. The van der Waals surface area contributed by atoms with Gasteiger partial charge in [0.1, 0.15) is 10.5 Å². The molecule has 0 aliphatic carbocycles. The van der Waals surface area contributed by atoms with Crippen LogP contribution in [0.2, 0.25) is 0 Å². The third kappa shape index (κ3) is 5.32. The number of amides is 1. The van der Waals surface area contributed by atoms with Crippen LogP contribution >= 0.6 is 11.3 Å². The van der Waals surface area contributed by atoms with Crippen LogP contribution < -0.4 is 5.73 Å². The number of primary amides is 1. The summed E-state index contributed by atoms with van der Waals surface area (Å²) in [4.78, 5) is 27.8. The minimum Gasteiger partial charge on any atom is -0.504 e. The van der Waals surface area contributed by atoms with E-state index < -0.39 is 29.4 Å². The fourth-order valence-corrected chi connectivity index (χ4v) is 2.74. The highest BCUT2D eigenvalue weighted by Gasteiger charge is 2.38. The van der Waals surface area contributed by atoms with Crippen molar-refractivity contribution in [2.24, 2.45) is 10.7 Å². The molecule has 0 unspecified atom stereocenters. The molecule has 0 aliphatic rings. The standard InChI is InChI=1S/C16H19F3N2O4S/c1-5-25-14(24)8(12(22)16(17,18)19)7-21-9-6-10(15(2,3)4)26-11(9)13(20)23/h6-7,22H,5H2,1-4H3,(H2,20,23)/b12-8+,21-7?. The molecule has 6 nitrogen and oxygen atoms in total. The summed E-state index contributed by atoms with van der Waals surface area (Å²) in [5.74, 6) is -4.33. The van der Waals surface area contributed by atoms with Crippen LogP contribution in [0.4, 0.5) is 18.9 Å². The molecule has 0 radical (unpaired) electrons. The summed E-state index contributed by atoms with van der Waals surface area (Å²) in [6.07, 6.45) is -4.65. The Morgan fingerprint density at radius 3 is 2.35 bits per heavy atom. The number of aliphatic hydroxyl groups excluding tert-OH is 1. The number of nitrogens with zero attached hydrogens (tertiary/aromatic N) is 1. The van der Waals surface area contributed by atoms with Crippen molar-refractivity contribution in [1.29, 1.82) is 0 Å². The van der Waals surface area contributed by atoms with Crippen molar-refractivity contribution in [2.75, 3.05) is 6.61 Å². The molecule has 144 valence electrons.